The number of nitrogens with one attached hydrogen (secondary N) is 1. The van der Waals surface area contributed by atoms with Crippen molar-refractivity contribution in [3.8, 4) is 0 Å². The molecule has 7 heteroatoms. The van der Waals surface area contributed by atoms with Gasteiger partial charge in [0.05, 0.1) is 16.4 Å². The quantitative estimate of drug-likeness (QED) is 0.776. The molecule has 2 aromatic rings. The van der Waals surface area contributed by atoms with Gasteiger partial charge in [-0.15, -0.1) is 0 Å². The molecule has 0 bridgehead atoms. The summed E-state index contributed by atoms with van der Waals surface area (Å²) in [7, 11) is 0. The third-order valence-corrected chi connectivity index (χ3v) is 6.79. The molecule has 0 atom stereocenters. The number of rotatable bonds is 5. The summed E-state index contributed by atoms with van der Waals surface area (Å²) in [5, 5.41) is 4.44. The molecule has 1 aromatic heterocycles. The Kier molecular flexibility index (Phi) is 6.34. The van der Waals surface area contributed by atoms with Crippen LogP contribution in [0.25, 0.3) is 0 Å². The smallest absolute Gasteiger partial charge is 0.285 e. The highest BCUT2D eigenvalue weighted by atomic mass is 35.5. The van der Waals surface area contributed by atoms with Crippen molar-refractivity contribution in [3.63, 3.8) is 0 Å². The molecular weight excluding hydrogens is 395 g/mol. The second kappa shape index (κ2) is 8.93. The molecule has 1 N–H and O–H groups in total. The lowest BCUT2D eigenvalue weighted by Gasteiger charge is -2.36. The van der Waals surface area contributed by atoms with Crippen LogP contribution in [0.3, 0.4) is 0 Å². The maximum absolute atomic E-state index is 12.5. The highest BCUT2D eigenvalue weighted by Gasteiger charge is 2.22. The highest BCUT2D eigenvalue weighted by molar-refractivity contribution is 6.33. The number of hydrogen-bond donors (Lipinski definition) is 1. The molecule has 5 nitrogen and oxygen atoms in total. The van der Waals surface area contributed by atoms with Gasteiger partial charge in [-0.3, -0.25) is 19.5 Å². The summed E-state index contributed by atoms with van der Waals surface area (Å²) in [5.74, 6) is 0.591. The number of piperazine rings is 1. The van der Waals surface area contributed by atoms with Crippen LogP contribution in [0.15, 0.2) is 29.1 Å². The van der Waals surface area contributed by atoms with Crippen molar-refractivity contribution in [2.45, 2.75) is 45.2 Å². The van der Waals surface area contributed by atoms with E-state index in [1.807, 2.05) is 18.2 Å². The summed E-state index contributed by atoms with van der Waals surface area (Å²) >= 11 is 12.7. The van der Waals surface area contributed by atoms with Gasteiger partial charge in [-0.25, -0.2) is 0 Å². The number of hydrogen-bond acceptors (Lipinski definition) is 3. The van der Waals surface area contributed by atoms with Gasteiger partial charge in [0.25, 0.3) is 5.56 Å². The zero-order chi connectivity index (χ0) is 19.5. The van der Waals surface area contributed by atoms with E-state index < -0.39 is 0 Å². The van der Waals surface area contributed by atoms with Gasteiger partial charge < -0.3 is 4.90 Å². The minimum atomic E-state index is -0.0723. The van der Waals surface area contributed by atoms with Crippen LogP contribution in [-0.4, -0.2) is 40.9 Å². The molecule has 0 amide bonds. The van der Waals surface area contributed by atoms with Gasteiger partial charge in [0.1, 0.15) is 5.02 Å². The third-order valence-electron chi connectivity index (χ3n) is 6.08. The Labute approximate surface area is 176 Å². The first-order valence-electron chi connectivity index (χ1n) is 10.3. The molecule has 1 aromatic carbocycles. The first-order valence-corrected chi connectivity index (χ1v) is 11.1. The Morgan fingerprint density at radius 3 is 2.43 bits per heavy atom. The van der Waals surface area contributed by atoms with Crippen LogP contribution in [0.1, 0.15) is 37.8 Å². The van der Waals surface area contributed by atoms with E-state index in [0.717, 1.165) is 49.1 Å². The van der Waals surface area contributed by atoms with Gasteiger partial charge in [0.15, 0.2) is 0 Å². The zero-order valence-corrected chi connectivity index (χ0v) is 17.7. The van der Waals surface area contributed by atoms with E-state index in [2.05, 4.69) is 21.0 Å². The minimum absolute atomic E-state index is 0.0723. The Balaban J connectivity index is 1.37. The van der Waals surface area contributed by atoms with Crippen LogP contribution in [0, 0.1) is 5.92 Å². The second-order valence-electron chi connectivity index (χ2n) is 8.04. The summed E-state index contributed by atoms with van der Waals surface area (Å²) in [6.45, 7) is 5.10. The summed E-state index contributed by atoms with van der Waals surface area (Å²) < 4.78 is 1.73. The van der Waals surface area contributed by atoms with E-state index in [1.165, 1.54) is 32.1 Å². The molecule has 2 heterocycles. The fraction of sp³-hybridized carbons (Fsp3) is 0.571. The van der Waals surface area contributed by atoms with Gasteiger partial charge in [-0.2, -0.15) is 0 Å². The van der Waals surface area contributed by atoms with Crippen LogP contribution in [-0.2, 0) is 13.1 Å². The molecule has 2 fully saturated rings. The number of nitrogens with zero attached hydrogens (tertiary/aromatic N) is 3. The Hall–Kier alpha value is -1.43. The average Bonchev–Trinajstić information content (AvgIpc) is 2.98. The van der Waals surface area contributed by atoms with Gasteiger partial charge in [0.2, 0.25) is 0 Å². The summed E-state index contributed by atoms with van der Waals surface area (Å²) in [5.41, 5.74) is 1.86. The van der Waals surface area contributed by atoms with Crippen molar-refractivity contribution in [1.82, 2.24) is 14.7 Å². The van der Waals surface area contributed by atoms with E-state index in [0.29, 0.717) is 17.5 Å². The first kappa shape index (κ1) is 19.9. The van der Waals surface area contributed by atoms with Gasteiger partial charge in [-0.05, 0) is 30.9 Å². The van der Waals surface area contributed by atoms with Crippen LogP contribution >= 0.6 is 23.2 Å². The topological polar surface area (TPSA) is 44.3 Å². The number of H-pyrrole nitrogens is 1. The lowest BCUT2D eigenvalue weighted by molar-refractivity contribution is 0.245. The molecule has 0 radical (unpaired) electrons. The molecule has 1 saturated carbocycles. The normalized spacial score (nSPS) is 19.3. The van der Waals surface area contributed by atoms with E-state index in [1.54, 1.807) is 4.68 Å². The van der Waals surface area contributed by atoms with Crippen LogP contribution in [0.2, 0.25) is 10.0 Å². The molecule has 0 unspecified atom stereocenters. The lowest BCUT2D eigenvalue weighted by Crippen LogP contribution is -2.46. The predicted molar refractivity (Wildman–Crippen MR) is 116 cm³/mol. The number of halogens is 2. The first-order chi connectivity index (χ1) is 13.6. The molecule has 1 aliphatic heterocycles. The summed E-state index contributed by atoms with van der Waals surface area (Å²) in [4.78, 5) is 17.2. The number of anilines is 1. The molecule has 28 heavy (non-hydrogen) atoms. The van der Waals surface area contributed by atoms with Crippen molar-refractivity contribution in [2.24, 2.45) is 5.92 Å². The van der Waals surface area contributed by atoms with Crippen molar-refractivity contribution in [2.75, 3.05) is 31.1 Å². The molecule has 0 spiro atoms. The van der Waals surface area contributed by atoms with Gasteiger partial charge in [-0.1, -0.05) is 54.6 Å². The maximum atomic E-state index is 12.5. The third kappa shape index (κ3) is 4.42. The Morgan fingerprint density at radius 2 is 1.71 bits per heavy atom. The monoisotopic (exact) mass is 422 g/mol. The average molecular weight is 423 g/mol. The summed E-state index contributed by atoms with van der Waals surface area (Å²) in [6.07, 6.45) is 6.29. The fourth-order valence-corrected chi connectivity index (χ4v) is 4.91. The van der Waals surface area contributed by atoms with Gasteiger partial charge in [0, 0.05) is 39.3 Å². The van der Waals surface area contributed by atoms with Gasteiger partial charge >= 0.3 is 0 Å². The van der Waals surface area contributed by atoms with E-state index in [9.17, 15) is 4.79 Å². The van der Waals surface area contributed by atoms with Crippen LogP contribution in [0.4, 0.5) is 5.69 Å². The van der Waals surface area contributed by atoms with Crippen molar-refractivity contribution >= 4 is 28.9 Å². The molecular formula is C21H28Cl2N4O. The van der Waals surface area contributed by atoms with E-state index >= 15 is 0 Å². The molecule has 1 aliphatic carbocycles. The van der Waals surface area contributed by atoms with Crippen LogP contribution in [0.5, 0.6) is 0 Å². The Morgan fingerprint density at radius 1 is 1.00 bits per heavy atom. The molecule has 1 saturated heterocycles. The predicted octanol–water partition coefficient (Wildman–Crippen LogP) is 4.39. The zero-order valence-electron chi connectivity index (χ0n) is 16.2. The standard InChI is InChI=1S/C21H28Cl2N4O/c22-17-8-4-5-9-19(17)26-12-10-25(11-13-26)15-18-20(23)21(28)27(24-18)14-16-6-2-1-3-7-16/h4-5,8-9,16,24H,1-3,6-7,10-15H2. The van der Waals surface area contributed by atoms with Crippen LogP contribution < -0.4 is 10.5 Å². The van der Waals surface area contributed by atoms with Crippen molar-refractivity contribution < 1.29 is 0 Å². The number of benzene rings is 1. The van der Waals surface area contributed by atoms with Crippen molar-refractivity contribution in [1.29, 1.82) is 0 Å². The molecule has 2 aliphatic rings. The number of aromatic amines is 1. The SMILES string of the molecule is O=c1c(Cl)c(CN2CCN(c3ccccc3Cl)CC2)[nH]n1CC1CCCCC1. The largest absolute Gasteiger partial charge is 0.368 e. The van der Waals surface area contributed by atoms with E-state index in [4.69, 9.17) is 23.2 Å². The Bertz CT molecular complexity index is 848. The molecule has 4 rings (SSSR count). The maximum Gasteiger partial charge on any atom is 0.285 e. The lowest BCUT2D eigenvalue weighted by atomic mass is 9.89. The fourth-order valence-electron chi connectivity index (χ4n) is 4.45. The minimum Gasteiger partial charge on any atom is -0.368 e. The molecule has 152 valence electrons. The number of aromatic nitrogens is 2. The van der Waals surface area contributed by atoms with E-state index in [-0.39, 0.29) is 5.56 Å². The summed E-state index contributed by atoms with van der Waals surface area (Å²) in [6, 6.07) is 7.98. The second-order valence-corrected chi connectivity index (χ2v) is 8.82. The van der Waals surface area contributed by atoms with Crippen molar-refractivity contribution in [3.05, 3.63) is 50.4 Å². The highest BCUT2D eigenvalue weighted by Crippen LogP contribution is 2.27. The number of para-hydroxylation sites is 1.